The Bertz CT molecular complexity index is 869. The van der Waals surface area contributed by atoms with Gasteiger partial charge in [-0.2, -0.15) is 0 Å². The molecule has 1 heterocycles. The van der Waals surface area contributed by atoms with Crippen molar-refractivity contribution >= 4 is 45.0 Å². The maximum atomic E-state index is 12.4. The predicted octanol–water partition coefficient (Wildman–Crippen LogP) is 4.42. The molecule has 0 saturated carbocycles. The number of carbonyl (C=O) groups excluding carboxylic acids is 2. The molecule has 2 atom stereocenters. The second kappa shape index (κ2) is 10.1. The molecule has 0 bridgehead atoms. The minimum Gasteiger partial charge on any atom is -0.480 e. The van der Waals surface area contributed by atoms with Crippen molar-refractivity contribution in [1.82, 2.24) is 5.32 Å². The Morgan fingerprint density at radius 3 is 2.69 bits per heavy atom. The van der Waals surface area contributed by atoms with E-state index in [2.05, 4.69) is 26.6 Å². The first-order valence-corrected chi connectivity index (χ1v) is 10.5. The van der Waals surface area contributed by atoms with Gasteiger partial charge in [0.2, 0.25) is 0 Å². The Kier molecular flexibility index (Phi) is 7.52. The first-order valence-electron chi connectivity index (χ1n) is 9.35. The van der Waals surface area contributed by atoms with Gasteiger partial charge in [-0.15, -0.1) is 0 Å². The first kappa shape index (κ1) is 21.6. The largest absolute Gasteiger partial charge is 0.480 e. The number of hydrogen-bond donors (Lipinski definition) is 2. The Labute approximate surface area is 183 Å². The topological polar surface area (TPSA) is 76.7 Å². The smallest absolute Gasteiger partial charge is 0.265 e. The van der Waals surface area contributed by atoms with E-state index in [1.165, 1.54) is 0 Å². The van der Waals surface area contributed by atoms with E-state index in [-0.39, 0.29) is 17.9 Å². The molecule has 1 aliphatic rings. The molecule has 3 rings (SSSR count). The molecule has 6 nitrogen and oxygen atoms in total. The van der Waals surface area contributed by atoms with E-state index < -0.39 is 6.10 Å². The van der Waals surface area contributed by atoms with Crippen LogP contribution in [0.15, 0.2) is 46.9 Å². The van der Waals surface area contributed by atoms with Gasteiger partial charge >= 0.3 is 0 Å². The number of nitrogens with one attached hydrogen (secondary N) is 2. The lowest BCUT2D eigenvalue weighted by atomic mass is 10.1. The van der Waals surface area contributed by atoms with Gasteiger partial charge in [-0.05, 0) is 78.2 Å². The second-order valence-electron chi connectivity index (χ2n) is 6.75. The Balaban J connectivity index is 1.51. The highest BCUT2D eigenvalue weighted by atomic mass is 79.9. The lowest BCUT2D eigenvalue weighted by Crippen LogP contribution is -2.32. The fourth-order valence-electron chi connectivity index (χ4n) is 2.88. The SMILES string of the molecule is CC(Oc1ccc(Cl)cc1Br)C(=O)Nc1ccc(C(=O)NCC2CCCO2)cc1. The quantitative estimate of drug-likeness (QED) is 0.614. The van der Waals surface area contributed by atoms with Crippen LogP contribution in [0.4, 0.5) is 5.69 Å². The van der Waals surface area contributed by atoms with Gasteiger partial charge in [-0.1, -0.05) is 11.6 Å². The fourth-order valence-corrected chi connectivity index (χ4v) is 3.65. The number of amides is 2. The van der Waals surface area contributed by atoms with Crippen molar-refractivity contribution in [2.24, 2.45) is 0 Å². The maximum absolute atomic E-state index is 12.4. The molecule has 2 aromatic carbocycles. The molecule has 2 N–H and O–H groups in total. The van der Waals surface area contributed by atoms with Crippen LogP contribution in [0.5, 0.6) is 5.75 Å². The molecule has 2 aromatic rings. The molecular weight excluding hydrogens is 460 g/mol. The molecule has 8 heteroatoms. The highest BCUT2D eigenvalue weighted by Crippen LogP contribution is 2.29. The molecular formula is C21H22BrClN2O4. The van der Waals surface area contributed by atoms with Gasteiger partial charge in [0.25, 0.3) is 11.8 Å². The second-order valence-corrected chi connectivity index (χ2v) is 8.04. The van der Waals surface area contributed by atoms with Crippen LogP contribution in [0.2, 0.25) is 5.02 Å². The molecule has 0 aromatic heterocycles. The summed E-state index contributed by atoms with van der Waals surface area (Å²) in [6, 6.07) is 11.8. The van der Waals surface area contributed by atoms with Crippen LogP contribution < -0.4 is 15.4 Å². The van der Waals surface area contributed by atoms with E-state index in [4.69, 9.17) is 21.1 Å². The van der Waals surface area contributed by atoms with Crippen LogP contribution in [0.25, 0.3) is 0 Å². The van der Waals surface area contributed by atoms with Gasteiger partial charge in [0.15, 0.2) is 6.10 Å². The summed E-state index contributed by atoms with van der Waals surface area (Å²) in [5.41, 5.74) is 1.10. The number of hydrogen-bond acceptors (Lipinski definition) is 4. The van der Waals surface area contributed by atoms with Crippen molar-refractivity contribution in [1.29, 1.82) is 0 Å². The van der Waals surface area contributed by atoms with Crippen LogP contribution in [-0.2, 0) is 9.53 Å². The van der Waals surface area contributed by atoms with Gasteiger partial charge in [0.05, 0.1) is 10.6 Å². The molecule has 2 unspecified atom stereocenters. The lowest BCUT2D eigenvalue weighted by molar-refractivity contribution is -0.122. The molecule has 29 heavy (non-hydrogen) atoms. The number of anilines is 1. The highest BCUT2D eigenvalue weighted by molar-refractivity contribution is 9.10. The normalized spacial score (nSPS) is 16.9. The van der Waals surface area contributed by atoms with E-state index in [1.807, 2.05) is 0 Å². The summed E-state index contributed by atoms with van der Waals surface area (Å²) in [6.07, 6.45) is 1.38. The number of carbonyl (C=O) groups is 2. The van der Waals surface area contributed by atoms with Gasteiger partial charge in [0.1, 0.15) is 5.75 Å². The van der Waals surface area contributed by atoms with Crippen LogP contribution in [0.3, 0.4) is 0 Å². The molecule has 0 aliphatic carbocycles. The Morgan fingerprint density at radius 1 is 1.28 bits per heavy atom. The van der Waals surface area contributed by atoms with Crippen molar-refractivity contribution in [3.8, 4) is 5.75 Å². The average molecular weight is 482 g/mol. The lowest BCUT2D eigenvalue weighted by Gasteiger charge is -2.16. The van der Waals surface area contributed by atoms with E-state index in [9.17, 15) is 9.59 Å². The number of ether oxygens (including phenoxy) is 2. The molecule has 2 amide bonds. The Morgan fingerprint density at radius 2 is 2.03 bits per heavy atom. The highest BCUT2D eigenvalue weighted by Gasteiger charge is 2.18. The van der Waals surface area contributed by atoms with E-state index in [0.717, 1.165) is 19.4 Å². The standard InChI is InChI=1S/C21H22BrClN2O4/c1-13(29-19-9-6-15(23)11-18(19)22)20(26)25-16-7-4-14(5-8-16)21(27)24-12-17-3-2-10-28-17/h4-9,11,13,17H,2-3,10,12H2,1H3,(H,24,27)(H,25,26). The van der Waals surface area contributed by atoms with Crippen molar-refractivity contribution < 1.29 is 19.1 Å². The maximum Gasteiger partial charge on any atom is 0.265 e. The molecule has 1 aliphatic heterocycles. The molecule has 0 radical (unpaired) electrons. The van der Waals surface area contributed by atoms with Crippen molar-refractivity contribution in [3.63, 3.8) is 0 Å². The minimum absolute atomic E-state index is 0.0969. The van der Waals surface area contributed by atoms with Crippen molar-refractivity contribution in [2.75, 3.05) is 18.5 Å². The fraction of sp³-hybridized carbons (Fsp3) is 0.333. The minimum atomic E-state index is -0.720. The van der Waals surface area contributed by atoms with Crippen LogP contribution in [-0.4, -0.2) is 37.2 Å². The molecule has 1 fully saturated rings. The van der Waals surface area contributed by atoms with Crippen LogP contribution in [0, 0.1) is 0 Å². The molecule has 154 valence electrons. The van der Waals surface area contributed by atoms with Gasteiger partial charge in [-0.25, -0.2) is 0 Å². The summed E-state index contributed by atoms with van der Waals surface area (Å²) in [5.74, 6) is 0.0559. The van der Waals surface area contributed by atoms with E-state index in [0.29, 0.717) is 33.0 Å². The zero-order valence-electron chi connectivity index (χ0n) is 15.9. The predicted molar refractivity (Wildman–Crippen MR) is 116 cm³/mol. The summed E-state index contributed by atoms with van der Waals surface area (Å²) in [7, 11) is 0. The van der Waals surface area contributed by atoms with E-state index >= 15 is 0 Å². The summed E-state index contributed by atoms with van der Waals surface area (Å²) >= 11 is 9.27. The zero-order chi connectivity index (χ0) is 20.8. The third-order valence-corrected chi connectivity index (χ3v) is 5.35. The summed E-state index contributed by atoms with van der Waals surface area (Å²) in [5, 5.41) is 6.22. The van der Waals surface area contributed by atoms with Crippen molar-refractivity contribution in [2.45, 2.75) is 32.0 Å². The first-order chi connectivity index (χ1) is 13.9. The summed E-state index contributed by atoms with van der Waals surface area (Å²) in [4.78, 5) is 24.6. The summed E-state index contributed by atoms with van der Waals surface area (Å²) in [6.45, 7) is 2.92. The average Bonchev–Trinajstić information content (AvgIpc) is 3.22. The van der Waals surface area contributed by atoms with Gasteiger partial charge < -0.3 is 20.1 Å². The summed E-state index contributed by atoms with van der Waals surface area (Å²) < 4.78 is 11.8. The number of rotatable bonds is 7. The van der Waals surface area contributed by atoms with Gasteiger partial charge in [-0.3, -0.25) is 9.59 Å². The molecule has 0 spiro atoms. The van der Waals surface area contributed by atoms with Crippen LogP contribution >= 0.6 is 27.5 Å². The monoisotopic (exact) mass is 480 g/mol. The molecule has 1 saturated heterocycles. The van der Waals surface area contributed by atoms with E-state index in [1.54, 1.807) is 49.4 Å². The zero-order valence-corrected chi connectivity index (χ0v) is 18.3. The van der Waals surface area contributed by atoms with Gasteiger partial charge in [0, 0.05) is 29.4 Å². The number of benzene rings is 2. The van der Waals surface area contributed by atoms with Crippen molar-refractivity contribution in [3.05, 3.63) is 57.5 Å². The Hall–Kier alpha value is -2.09. The third-order valence-electron chi connectivity index (χ3n) is 4.50. The number of halogens is 2. The van der Waals surface area contributed by atoms with Crippen LogP contribution in [0.1, 0.15) is 30.1 Å². The third kappa shape index (κ3) is 6.19.